The molecule has 0 atom stereocenters. The first-order chi connectivity index (χ1) is 8.22. The Kier molecular flexibility index (Phi) is 6.63. The van der Waals surface area contributed by atoms with E-state index in [0.717, 1.165) is 18.2 Å². The Bertz CT molecular complexity index is 333. The molecule has 2 N–H and O–H groups in total. The third-order valence-electron chi connectivity index (χ3n) is 2.64. The Morgan fingerprint density at radius 2 is 1.82 bits per heavy atom. The zero-order valence-electron chi connectivity index (χ0n) is 10.8. The standard InChI is InChI=1S/C14H22N2S/c1-3-4-5-10-15-14(17)16-11-13-8-6-12(2)7-9-13/h6-9H,3-5,10-11H2,1-2H3,(H2,15,16,17). The number of unbranched alkanes of at least 4 members (excludes halogenated alkanes) is 2. The van der Waals surface area contributed by atoms with Crippen molar-refractivity contribution in [2.45, 2.75) is 39.7 Å². The highest BCUT2D eigenvalue weighted by Gasteiger charge is 1.96. The lowest BCUT2D eigenvalue weighted by molar-refractivity contribution is 0.688. The minimum atomic E-state index is 0.752. The molecule has 0 saturated carbocycles. The fourth-order valence-corrected chi connectivity index (χ4v) is 1.70. The van der Waals surface area contributed by atoms with Crippen molar-refractivity contribution in [3.8, 4) is 0 Å². The maximum absolute atomic E-state index is 5.21. The maximum Gasteiger partial charge on any atom is 0.166 e. The fraction of sp³-hybridized carbons (Fsp3) is 0.500. The maximum atomic E-state index is 5.21. The molecule has 0 aliphatic heterocycles. The van der Waals surface area contributed by atoms with Crippen LogP contribution in [0.3, 0.4) is 0 Å². The van der Waals surface area contributed by atoms with Gasteiger partial charge >= 0.3 is 0 Å². The van der Waals surface area contributed by atoms with Gasteiger partial charge in [-0.15, -0.1) is 0 Å². The summed E-state index contributed by atoms with van der Waals surface area (Å²) in [6.45, 7) is 6.05. The summed E-state index contributed by atoms with van der Waals surface area (Å²) in [5, 5.41) is 7.19. The molecule has 0 spiro atoms. The van der Waals surface area contributed by atoms with Gasteiger partial charge in [0.05, 0.1) is 0 Å². The van der Waals surface area contributed by atoms with Gasteiger partial charge in [0.25, 0.3) is 0 Å². The van der Waals surface area contributed by atoms with Gasteiger partial charge in [0.15, 0.2) is 5.11 Å². The minimum absolute atomic E-state index is 0.752. The van der Waals surface area contributed by atoms with Crippen LogP contribution in [0.4, 0.5) is 0 Å². The Morgan fingerprint density at radius 1 is 1.12 bits per heavy atom. The molecule has 3 heteroatoms. The van der Waals surface area contributed by atoms with Crippen molar-refractivity contribution < 1.29 is 0 Å². The number of thiocarbonyl (C=S) groups is 1. The smallest absolute Gasteiger partial charge is 0.166 e. The van der Waals surface area contributed by atoms with Gasteiger partial charge in [-0.3, -0.25) is 0 Å². The Morgan fingerprint density at radius 3 is 2.47 bits per heavy atom. The summed E-state index contributed by atoms with van der Waals surface area (Å²) < 4.78 is 0. The van der Waals surface area contributed by atoms with Gasteiger partial charge in [-0.05, 0) is 31.1 Å². The number of hydrogen-bond donors (Lipinski definition) is 2. The van der Waals surface area contributed by atoms with E-state index in [4.69, 9.17) is 12.2 Å². The van der Waals surface area contributed by atoms with E-state index in [2.05, 4.69) is 48.7 Å². The molecule has 1 aromatic rings. The monoisotopic (exact) mass is 250 g/mol. The van der Waals surface area contributed by atoms with E-state index in [1.54, 1.807) is 0 Å². The van der Waals surface area contributed by atoms with Crippen LogP contribution < -0.4 is 10.6 Å². The summed E-state index contributed by atoms with van der Waals surface area (Å²) in [7, 11) is 0. The predicted molar refractivity (Wildman–Crippen MR) is 78.1 cm³/mol. The first kappa shape index (κ1) is 14.0. The molecule has 0 bridgehead atoms. The molecule has 0 unspecified atom stereocenters. The van der Waals surface area contributed by atoms with Crippen LogP contribution in [0.1, 0.15) is 37.3 Å². The SMILES string of the molecule is CCCCCNC(=S)NCc1ccc(C)cc1. The number of nitrogens with one attached hydrogen (secondary N) is 2. The average Bonchev–Trinajstić information content (AvgIpc) is 2.34. The van der Waals surface area contributed by atoms with E-state index in [1.165, 1.54) is 30.4 Å². The molecule has 17 heavy (non-hydrogen) atoms. The summed E-state index contributed by atoms with van der Waals surface area (Å²) in [4.78, 5) is 0. The lowest BCUT2D eigenvalue weighted by Crippen LogP contribution is -2.35. The number of hydrogen-bond acceptors (Lipinski definition) is 1. The molecule has 0 radical (unpaired) electrons. The highest BCUT2D eigenvalue weighted by Crippen LogP contribution is 2.02. The van der Waals surface area contributed by atoms with Crippen molar-refractivity contribution in [1.82, 2.24) is 10.6 Å². The second-order valence-corrected chi connectivity index (χ2v) is 4.71. The van der Waals surface area contributed by atoms with E-state index in [1.807, 2.05) is 0 Å². The van der Waals surface area contributed by atoms with Crippen LogP contribution in [0.5, 0.6) is 0 Å². The van der Waals surface area contributed by atoms with Crippen LogP contribution in [0.25, 0.3) is 0 Å². The molecule has 0 aliphatic carbocycles. The number of benzene rings is 1. The summed E-state index contributed by atoms with van der Waals surface area (Å²) in [5.74, 6) is 0. The Hall–Kier alpha value is -1.09. The van der Waals surface area contributed by atoms with Gasteiger partial charge in [0, 0.05) is 13.1 Å². The minimum Gasteiger partial charge on any atom is -0.363 e. The van der Waals surface area contributed by atoms with Crippen LogP contribution in [-0.2, 0) is 6.54 Å². The first-order valence-electron chi connectivity index (χ1n) is 6.29. The predicted octanol–water partition coefficient (Wildman–Crippen LogP) is 3.15. The molecule has 94 valence electrons. The van der Waals surface area contributed by atoms with Crippen LogP contribution in [0.15, 0.2) is 24.3 Å². The average molecular weight is 250 g/mol. The van der Waals surface area contributed by atoms with E-state index in [-0.39, 0.29) is 0 Å². The van der Waals surface area contributed by atoms with Crippen LogP contribution in [-0.4, -0.2) is 11.7 Å². The molecule has 0 saturated heterocycles. The highest BCUT2D eigenvalue weighted by atomic mass is 32.1. The molecule has 0 aromatic heterocycles. The van der Waals surface area contributed by atoms with Crippen molar-refractivity contribution >= 4 is 17.3 Å². The molecule has 1 rings (SSSR count). The van der Waals surface area contributed by atoms with E-state index in [0.29, 0.717) is 0 Å². The lowest BCUT2D eigenvalue weighted by Gasteiger charge is -2.10. The fourth-order valence-electron chi connectivity index (χ4n) is 1.53. The molecule has 0 heterocycles. The molecule has 0 fully saturated rings. The van der Waals surface area contributed by atoms with Gasteiger partial charge in [0.2, 0.25) is 0 Å². The van der Waals surface area contributed by atoms with Gasteiger partial charge in [-0.1, -0.05) is 49.6 Å². The van der Waals surface area contributed by atoms with Crippen LogP contribution in [0.2, 0.25) is 0 Å². The molecule has 0 aliphatic rings. The third-order valence-corrected chi connectivity index (χ3v) is 2.93. The van der Waals surface area contributed by atoms with E-state index >= 15 is 0 Å². The number of rotatable bonds is 6. The van der Waals surface area contributed by atoms with Crippen LogP contribution in [0, 0.1) is 6.92 Å². The topological polar surface area (TPSA) is 24.1 Å². The van der Waals surface area contributed by atoms with Crippen LogP contribution >= 0.6 is 12.2 Å². The van der Waals surface area contributed by atoms with Crippen molar-refractivity contribution in [3.05, 3.63) is 35.4 Å². The number of aryl methyl sites for hydroxylation is 1. The Balaban J connectivity index is 2.17. The van der Waals surface area contributed by atoms with Gasteiger partial charge in [-0.2, -0.15) is 0 Å². The molecule has 0 amide bonds. The van der Waals surface area contributed by atoms with Gasteiger partial charge in [-0.25, -0.2) is 0 Å². The van der Waals surface area contributed by atoms with Crippen molar-refractivity contribution in [3.63, 3.8) is 0 Å². The quantitative estimate of drug-likeness (QED) is 0.599. The van der Waals surface area contributed by atoms with E-state index < -0.39 is 0 Å². The summed E-state index contributed by atoms with van der Waals surface area (Å²) in [6.07, 6.45) is 3.68. The van der Waals surface area contributed by atoms with Gasteiger partial charge < -0.3 is 10.6 Å². The summed E-state index contributed by atoms with van der Waals surface area (Å²) in [5.41, 5.74) is 2.54. The van der Waals surface area contributed by atoms with Gasteiger partial charge in [0.1, 0.15) is 0 Å². The largest absolute Gasteiger partial charge is 0.363 e. The summed E-state index contributed by atoms with van der Waals surface area (Å²) in [6, 6.07) is 8.49. The normalized spacial score (nSPS) is 10.0. The molecular weight excluding hydrogens is 228 g/mol. The molecule has 1 aromatic carbocycles. The first-order valence-corrected chi connectivity index (χ1v) is 6.70. The second-order valence-electron chi connectivity index (χ2n) is 4.30. The highest BCUT2D eigenvalue weighted by molar-refractivity contribution is 7.80. The Labute approximate surface area is 110 Å². The molecular formula is C14H22N2S. The van der Waals surface area contributed by atoms with Crippen molar-refractivity contribution in [1.29, 1.82) is 0 Å². The zero-order valence-corrected chi connectivity index (χ0v) is 11.6. The zero-order chi connectivity index (χ0) is 12.5. The van der Waals surface area contributed by atoms with Crippen molar-refractivity contribution in [2.75, 3.05) is 6.54 Å². The van der Waals surface area contributed by atoms with Crippen molar-refractivity contribution in [2.24, 2.45) is 0 Å². The molecule has 2 nitrogen and oxygen atoms in total. The second kappa shape index (κ2) is 8.07. The van der Waals surface area contributed by atoms with E-state index in [9.17, 15) is 0 Å². The summed E-state index contributed by atoms with van der Waals surface area (Å²) >= 11 is 5.21. The third kappa shape index (κ3) is 6.27. The lowest BCUT2D eigenvalue weighted by atomic mass is 10.1.